The number of para-hydroxylation sites is 1. The lowest BCUT2D eigenvalue weighted by atomic mass is 9.69. The molecule has 2 unspecified atom stereocenters. The van der Waals surface area contributed by atoms with Gasteiger partial charge in [0.05, 0.1) is 0 Å². The highest BCUT2D eigenvalue weighted by Gasteiger charge is 2.58. The molecule has 0 saturated carbocycles. The zero-order valence-electron chi connectivity index (χ0n) is 16.6. The molecule has 3 aliphatic carbocycles. The first kappa shape index (κ1) is 15.3. The first-order chi connectivity index (χ1) is 14.8. The van der Waals surface area contributed by atoms with Crippen LogP contribution >= 0.6 is 0 Å². The Morgan fingerprint density at radius 2 is 1.33 bits per heavy atom. The Morgan fingerprint density at radius 1 is 0.667 bits per heavy atom. The molecular weight excluding hydrogens is 364 g/mol. The van der Waals surface area contributed by atoms with Gasteiger partial charge in [0, 0.05) is 28.2 Å². The van der Waals surface area contributed by atoms with E-state index >= 15 is 0 Å². The predicted molar refractivity (Wildman–Crippen MR) is 120 cm³/mol. The minimum absolute atomic E-state index is 0.349. The molecule has 2 atom stereocenters. The second-order valence-electron chi connectivity index (χ2n) is 8.83. The van der Waals surface area contributed by atoms with Crippen LogP contribution in [0.1, 0.15) is 40.7 Å². The maximum absolute atomic E-state index is 7.13. The highest BCUT2D eigenvalue weighted by molar-refractivity contribution is 6.15. The van der Waals surface area contributed by atoms with Crippen LogP contribution in [-0.2, 0) is 5.60 Å². The SMILES string of the molecule is CC1C2=C3c4c(cccc41)-c1cccc4c1C3(Oc1ccccc12)c1ccccc1-4. The molecule has 1 aliphatic heterocycles. The topological polar surface area (TPSA) is 9.23 Å². The largest absolute Gasteiger partial charge is 0.472 e. The normalized spacial score (nSPS) is 22.8. The molecule has 4 aromatic rings. The van der Waals surface area contributed by atoms with E-state index in [0.29, 0.717) is 5.92 Å². The highest BCUT2D eigenvalue weighted by Crippen LogP contribution is 2.69. The van der Waals surface area contributed by atoms with Crippen LogP contribution in [0.4, 0.5) is 0 Å². The van der Waals surface area contributed by atoms with Gasteiger partial charge in [0.15, 0.2) is 5.60 Å². The van der Waals surface area contributed by atoms with Gasteiger partial charge in [-0.2, -0.15) is 0 Å². The molecule has 4 aliphatic rings. The summed E-state index contributed by atoms with van der Waals surface area (Å²) < 4.78 is 7.13. The fraction of sp³-hybridized carbons (Fsp3) is 0.103. The number of rotatable bonds is 0. The smallest absolute Gasteiger partial charge is 0.187 e. The van der Waals surface area contributed by atoms with Crippen molar-refractivity contribution >= 4 is 11.1 Å². The van der Waals surface area contributed by atoms with Crippen molar-refractivity contribution in [3.05, 3.63) is 113 Å². The molecule has 1 heteroatoms. The van der Waals surface area contributed by atoms with Crippen LogP contribution in [0.15, 0.2) is 84.9 Å². The zero-order valence-corrected chi connectivity index (χ0v) is 16.6. The van der Waals surface area contributed by atoms with E-state index in [9.17, 15) is 0 Å². The molecule has 0 amide bonds. The maximum atomic E-state index is 7.13. The summed E-state index contributed by atoms with van der Waals surface area (Å²) in [5.41, 5.74) is 14.2. The third-order valence-corrected chi connectivity index (χ3v) is 7.61. The third kappa shape index (κ3) is 1.41. The Kier molecular flexibility index (Phi) is 2.43. The summed E-state index contributed by atoms with van der Waals surface area (Å²) in [6.45, 7) is 2.36. The van der Waals surface area contributed by atoms with Gasteiger partial charge < -0.3 is 4.74 Å². The van der Waals surface area contributed by atoms with Gasteiger partial charge in [-0.3, -0.25) is 0 Å². The molecule has 0 radical (unpaired) electrons. The van der Waals surface area contributed by atoms with Crippen LogP contribution in [0.25, 0.3) is 33.4 Å². The average Bonchev–Trinajstić information content (AvgIpc) is 3.26. The molecule has 140 valence electrons. The monoisotopic (exact) mass is 382 g/mol. The van der Waals surface area contributed by atoms with Crippen LogP contribution in [0.2, 0.25) is 0 Å². The van der Waals surface area contributed by atoms with Crippen molar-refractivity contribution in [2.24, 2.45) is 0 Å². The maximum Gasteiger partial charge on any atom is 0.187 e. The van der Waals surface area contributed by atoms with Gasteiger partial charge in [0.25, 0.3) is 0 Å². The van der Waals surface area contributed by atoms with E-state index in [-0.39, 0.29) is 0 Å². The van der Waals surface area contributed by atoms with Crippen molar-refractivity contribution in [3.63, 3.8) is 0 Å². The fourth-order valence-corrected chi connectivity index (χ4v) is 6.57. The molecule has 4 aromatic carbocycles. The summed E-state index contributed by atoms with van der Waals surface area (Å²) in [5.74, 6) is 1.35. The van der Waals surface area contributed by atoms with Crippen LogP contribution in [0.3, 0.4) is 0 Å². The predicted octanol–water partition coefficient (Wildman–Crippen LogP) is 7.01. The number of hydrogen-bond acceptors (Lipinski definition) is 1. The fourth-order valence-electron chi connectivity index (χ4n) is 6.57. The Labute approximate surface area is 175 Å². The summed E-state index contributed by atoms with van der Waals surface area (Å²) in [4.78, 5) is 0. The van der Waals surface area contributed by atoms with E-state index in [4.69, 9.17) is 4.74 Å². The minimum atomic E-state index is -0.555. The lowest BCUT2D eigenvalue weighted by molar-refractivity contribution is 0.176. The molecule has 1 nitrogen and oxygen atoms in total. The second kappa shape index (κ2) is 4.76. The number of fused-ring (bicyclic) bond motifs is 5. The Balaban J connectivity index is 1.67. The molecule has 0 fully saturated rings. The van der Waals surface area contributed by atoms with Gasteiger partial charge in [-0.15, -0.1) is 0 Å². The number of allylic oxidation sites excluding steroid dienone is 1. The lowest BCUT2D eigenvalue weighted by Gasteiger charge is -2.43. The summed E-state index contributed by atoms with van der Waals surface area (Å²) in [7, 11) is 0. The first-order valence-corrected chi connectivity index (χ1v) is 10.7. The van der Waals surface area contributed by atoms with Crippen molar-refractivity contribution in [2.75, 3.05) is 0 Å². The van der Waals surface area contributed by atoms with Crippen molar-refractivity contribution < 1.29 is 4.74 Å². The van der Waals surface area contributed by atoms with Gasteiger partial charge in [0.1, 0.15) is 5.75 Å². The van der Waals surface area contributed by atoms with Crippen LogP contribution < -0.4 is 4.74 Å². The Hall–Kier alpha value is -3.58. The van der Waals surface area contributed by atoms with Crippen LogP contribution in [0.5, 0.6) is 5.75 Å². The van der Waals surface area contributed by atoms with E-state index in [2.05, 4.69) is 91.9 Å². The van der Waals surface area contributed by atoms with Crippen molar-refractivity contribution in [1.82, 2.24) is 0 Å². The molecule has 0 N–H and O–H groups in total. The average molecular weight is 382 g/mol. The van der Waals surface area contributed by atoms with Crippen molar-refractivity contribution in [1.29, 1.82) is 0 Å². The van der Waals surface area contributed by atoms with Gasteiger partial charge in [0.2, 0.25) is 0 Å². The molecule has 1 heterocycles. The molecule has 30 heavy (non-hydrogen) atoms. The quantitative estimate of drug-likeness (QED) is 0.318. The zero-order chi connectivity index (χ0) is 19.6. The van der Waals surface area contributed by atoms with E-state index < -0.39 is 5.60 Å². The summed E-state index contributed by atoms with van der Waals surface area (Å²) in [6, 6.07) is 31.0. The van der Waals surface area contributed by atoms with E-state index in [0.717, 1.165) is 5.75 Å². The van der Waals surface area contributed by atoms with Gasteiger partial charge in [-0.25, -0.2) is 0 Å². The molecule has 8 rings (SSSR count). The molecular formula is C29H18O. The molecule has 0 aromatic heterocycles. The second-order valence-corrected chi connectivity index (χ2v) is 8.83. The van der Waals surface area contributed by atoms with Crippen molar-refractivity contribution in [3.8, 4) is 28.0 Å². The highest BCUT2D eigenvalue weighted by atomic mass is 16.5. The summed E-state index contributed by atoms with van der Waals surface area (Å²) in [6.07, 6.45) is 0. The Morgan fingerprint density at radius 3 is 2.23 bits per heavy atom. The lowest BCUT2D eigenvalue weighted by Crippen LogP contribution is -2.38. The number of ether oxygens (including phenoxy) is 1. The Bertz CT molecular complexity index is 1490. The summed E-state index contributed by atoms with van der Waals surface area (Å²) in [5, 5.41) is 0. The molecule has 1 spiro atoms. The van der Waals surface area contributed by atoms with Gasteiger partial charge in [-0.05, 0) is 45.0 Å². The number of benzene rings is 4. The van der Waals surface area contributed by atoms with Gasteiger partial charge in [-0.1, -0.05) is 85.8 Å². The molecule has 0 bridgehead atoms. The van der Waals surface area contributed by atoms with Crippen LogP contribution in [0, 0.1) is 0 Å². The standard InChI is InChI=1S/C29H18O/c1-16-17-10-6-11-19-21-13-7-12-20-18-8-2-4-14-23(18)29(27(20)21)28(26(17)19)25(16)22-9-3-5-15-24(22)30-29/h2-16H,1H3. The third-order valence-electron chi connectivity index (χ3n) is 7.61. The van der Waals surface area contributed by atoms with E-state index in [1.807, 2.05) is 0 Å². The first-order valence-electron chi connectivity index (χ1n) is 10.7. The van der Waals surface area contributed by atoms with Gasteiger partial charge >= 0.3 is 0 Å². The van der Waals surface area contributed by atoms with Crippen molar-refractivity contribution in [2.45, 2.75) is 18.4 Å². The van der Waals surface area contributed by atoms with E-state index in [1.165, 1.54) is 61.2 Å². The molecule has 0 saturated heterocycles. The summed E-state index contributed by atoms with van der Waals surface area (Å²) >= 11 is 0. The minimum Gasteiger partial charge on any atom is -0.472 e. The number of hydrogen-bond donors (Lipinski definition) is 0. The van der Waals surface area contributed by atoms with E-state index in [1.54, 1.807) is 0 Å². The van der Waals surface area contributed by atoms with Crippen LogP contribution in [-0.4, -0.2) is 0 Å².